The van der Waals surface area contributed by atoms with Gasteiger partial charge in [-0.1, -0.05) is 17.3 Å². The van der Waals surface area contributed by atoms with Crippen LogP contribution in [0.15, 0.2) is 40.9 Å². The number of phenolic OH excluding ortho intramolecular Hbond substituents is 1. The van der Waals surface area contributed by atoms with E-state index in [9.17, 15) is 9.50 Å². The summed E-state index contributed by atoms with van der Waals surface area (Å²) in [7, 11) is 0. The molecule has 0 saturated carbocycles. The largest absolute Gasteiger partial charge is 0.505 e. The van der Waals surface area contributed by atoms with Gasteiger partial charge in [-0.25, -0.2) is 4.39 Å². The fourth-order valence-electron chi connectivity index (χ4n) is 4.97. The van der Waals surface area contributed by atoms with Crippen LogP contribution in [0.25, 0.3) is 11.1 Å². The number of fused-ring (bicyclic) bond motifs is 1. The highest BCUT2D eigenvalue weighted by molar-refractivity contribution is 5.83. The lowest BCUT2D eigenvalue weighted by molar-refractivity contribution is 0.0390. The summed E-state index contributed by atoms with van der Waals surface area (Å²) in [5, 5.41) is 17.3. The van der Waals surface area contributed by atoms with Crippen LogP contribution in [0.4, 0.5) is 15.8 Å². The van der Waals surface area contributed by atoms with Crippen molar-refractivity contribution in [2.45, 2.75) is 32.9 Å². The smallest absolute Gasteiger partial charge is 0.165 e. The van der Waals surface area contributed by atoms with Gasteiger partial charge in [-0.3, -0.25) is 4.90 Å². The van der Waals surface area contributed by atoms with E-state index in [-0.39, 0.29) is 11.9 Å². The number of anilines is 2. The summed E-state index contributed by atoms with van der Waals surface area (Å²) >= 11 is 0. The normalized spacial score (nSPS) is 18.2. The summed E-state index contributed by atoms with van der Waals surface area (Å²) in [6.45, 7) is 9.22. The number of halogens is 1. The van der Waals surface area contributed by atoms with E-state index < -0.39 is 5.82 Å². The molecule has 1 aromatic heterocycles. The minimum atomic E-state index is -0.576. The first-order chi connectivity index (χ1) is 16.5. The van der Waals surface area contributed by atoms with Crippen molar-refractivity contribution < 1.29 is 18.8 Å². The molecule has 1 fully saturated rings. The van der Waals surface area contributed by atoms with Gasteiger partial charge in [-0.2, -0.15) is 0 Å². The first-order valence-corrected chi connectivity index (χ1v) is 11.9. The number of aryl methyl sites for hydroxylation is 3. The molecule has 1 atom stereocenters. The number of nitrogens with one attached hydrogen (secondary N) is 1. The minimum absolute atomic E-state index is 0.0906. The van der Waals surface area contributed by atoms with E-state index in [1.54, 1.807) is 6.07 Å². The second-order valence-corrected chi connectivity index (χ2v) is 9.06. The van der Waals surface area contributed by atoms with Gasteiger partial charge in [-0.15, -0.1) is 0 Å². The van der Waals surface area contributed by atoms with E-state index in [4.69, 9.17) is 9.26 Å². The summed E-state index contributed by atoms with van der Waals surface area (Å²) in [5.74, 6) is -0.0758. The number of phenols is 1. The number of morpholine rings is 1. The molecular formula is C26H31FN4O3. The van der Waals surface area contributed by atoms with Gasteiger partial charge in [0.2, 0.25) is 0 Å². The van der Waals surface area contributed by atoms with Crippen molar-refractivity contribution in [3.05, 3.63) is 59.2 Å². The molecule has 180 valence electrons. The molecule has 0 spiro atoms. The van der Waals surface area contributed by atoms with Crippen molar-refractivity contribution in [3.63, 3.8) is 0 Å². The molecule has 1 unspecified atom stereocenters. The van der Waals surface area contributed by atoms with Gasteiger partial charge in [0.15, 0.2) is 11.6 Å². The van der Waals surface area contributed by atoms with Gasteiger partial charge >= 0.3 is 0 Å². The van der Waals surface area contributed by atoms with E-state index in [0.29, 0.717) is 6.42 Å². The molecule has 0 bridgehead atoms. The number of benzene rings is 2. The van der Waals surface area contributed by atoms with Crippen LogP contribution < -0.4 is 10.2 Å². The maximum absolute atomic E-state index is 13.8. The summed E-state index contributed by atoms with van der Waals surface area (Å²) in [4.78, 5) is 4.85. The van der Waals surface area contributed by atoms with Gasteiger partial charge < -0.3 is 24.6 Å². The van der Waals surface area contributed by atoms with E-state index >= 15 is 0 Å². The lowest BCUT2D eigenvalue weighted by Crippen LogP contribution is -2.44. The fraction of sp³-hybridized carbons (Fsp3) is 0.423. The molecule has 2 aliphatic rings. The maximum Gasteiger partial charge on any atom is 0.165 e. The molecule has 0 aliphatic carbocycles. The lowest BCUT2D eigenvalue weighted by atomic mass is 10.0. The molecule has 2 N–H and O–H groups in total. The average molecular weight is 467 g/mol. The number of ether oxygens (including phenoxy) is 1. The Morgan fingerprint density at radius 1 is 1.12 bits per heavy atom. The molecule has 2 aromatic carbocycles. The first kappa shape index (κ1) is 22.7. The highest BCUT2D eigenvalue weighted by Crippen LogP contribution is 2.40. The Hall–Kier alpha value is -3.10. The molecule has 7 nitrogen and oxygen atoms in total. The average Bonchev–Trinajstić information content (AvgIpc) is 3.37. The molecule has 0 radical (unpaired) electrons. The Morgan fingerprint density at radius 3 is 2.68 bits per heavy atom. The van der Waals surface area contributed by atoms with Crippen molar-refractivity contribution in [2.24, 2.45) is 0 Å². The van der Waals surface area contributed by atoms with Crippen LogP contribution in [0.1, 0.15) is 23.4 Å². The van der Waals surface area contributed by atoms with Crippen molar-refractivity contribution >= 4 is 11.4 Å². The maximum atomic E-state index is 13.8. The van der Waals surface area contributed by atoms with Crippen LogP contribution in [0.2, 0.25) is 0 Å². The molecular weight excluding hydrogens is 435 g/mol. The third-order valence-corrected chi connectivity index (χ3v) is 6.81. The molecule has 0 amide bonds. The third-order valence-electron chi connectivity index (χ3n) is 6.81. The number of hydrogen-bond acceptors (Lipinski definition) is 7. The van der Waals surface area contributed by atoms with Crippen LogP contribution in [0, 0.1) is 19.7 Å². The van der Waals surface area contributed by atoms with Crippen LogP contribution in [-0.2, 0) is 11.2 Å². The van der Waals surface area contributed by atoms with Crippen molar-refractivity contribution in [3.8, 4) is 16.9 Å². The van der Waals surface area contributed by atoms with Crippen LogP contribution in [-0.4, -0.2) is 60.7 Å². The second-order valence-electron chi connectivity index (χ2n) is 9.06. The number of hydrogen-bond donors (Lipinski definition) is 2. The zero-order valence-electron chi connectivity index (χ0n) is 19.7. The molecule has 34 heavy (non-hydrogen) atoms. The monoisotopic (exact) mass is 466 g/mol. The van der Waals surface area contributed by atoms with Crippen molar-refractivity contribution in [1.82, 2.24) is 10.1 Å². The molecule has 8 heteroatoms. The Kier molecular flexibility index (Phi) is 6.43. The molecule has 3 aromatic rings. The van der Waals surface area contributed by atoms with Gasteiger partial charge in [0.05, 0.1) is 36.4 Å². The fourth-order valence-corrected chi connectivity index (χ4v) is 4.97. The summed E-state index contributed by atoms with van der Waals surface area (Å²) < 4.78 is 24.7. The van der Waals surface area contributed by atoms with Crippen LogP contribution in [0.3, 0.4) is 0 Å². The van der Waals surface area contributed by atoms with Gasteiger partial charge in [-0.05, 0) is 62.1 Å². The van der Waals surface area contributed by atoms with Gasteiger partial charge in [0.25, 0.3) is 0 Å². The highest BCUT2D eigenvalue weighted by Gasteiger charge is 2.29. The van der Waals surface area contributed by atoms with E-state index in [0.717, 1.165) is 79.6 Å². The zero-order valence-corrected chi connectivity index (χ0v) is 19.7. The SMILES string of the molecule is Cc1noc(C)c1-c1ccc2c(c1)NC(CCc1ccc(O)c(F)c1)N2CCN1CCOCC1. The van der Waals surface area contributed by atoms with E-state index in [1.165, 1.54) is 17.8 Å². The lowest BCUT2D eigenvalue weighted by Gasteiger charge is -2.32. The Bertz CT molecular complexity index is 1140. The van der Waals surface area contributed by atoms with E-state index in [1.807, 2.05) is 13.8 Å². The number of aromatic nitrogens is 1. The number of rotatable bonds is 7. The molecule has 5 rings (SSSR count). The van der Waals surface area contributed by atoms with Gasteiger partial charge in [0.1, 0.15) is 5.76 Å². The third kappa shape index (κ3) is 4.60. The summed E-state index contributed by atoms with van der Waals surface area (Å²) in [6.07, 6.45) is 1.60. The number of aromatic hydroxyl groups is 1. The van der Waals surface area contributed by atoms with Gasteiger partial charge in [0, 0.05) is 31.7 Å². The second kappa shape index (κ2) is 9.64. The predicted octanol–water partition coefficient (Wildman–Crippen LogP) is 4.33. The molecule has 1 saturated heterocycles. The summed E-state index contributed by atoms with van der Waals surface area (Å²) in [6, 6.07) is 11.1. The van der Waals surface area contributed by atoms with Crippen molar-refractivity contribution in [2.75, 3.05) is 49.6 Å². The molecule has 2 aliphatic heterocycles. The molecule has 3 heterocycles. The first-order valence-electron chi connectivity index (χ1n) is 11.9. The predicted molar refractivity (Wildman–Crippen MR) is 130 cm³/mol. The van der Waals surface area contributed by atoms with Crippen LogP contribution in [0.5, 0.6) is 5.75 Å². The Balaban J connectivity index is 1.37. The number of nitrogens with zero attached hydrogens (tertiary/aromatic N) is 3. The summed E-state index contributed by atoms with van der Waals surface area (Å²) in [5.41, 5.74) is 6.12. The quantitative estimate of drug-likeness (QED) is 0.537. The van der Waals surface area contributed by atoms with E-state index in [2.05, 4.69) is 38.5 Å². The topological polar surface area (TPSA) is 74.0 Å². The zero-order chi connectivity index (χ0) is 23.7. The Morgan fingerprint density at radius 2 is 1.94 bits per heavy atom. The minimum Gasteiger partial charge on any atom is -0.505 e. The van der Waals surface area contributed by atoms with Crippen molar-refractivity contribution in [1.29, 1.82) is 0 Å². The highest BCUT2D eigenvalue weighted by atomic mass is 19.1. The standard InChI is InChI=1S/C26H31FN4O3/c1-17-26(18(2)34-29-17)20-5-6-23-22(16-20)28-25(8-4-19-3-7-24(32)21(27)15-19)31(23)10-9-30-11-13-33-14-12-30/h3,5-7,15-16,25,28,32H,4,8-14H2,1-2H3. The van der Waals surface area contributed by atoms with Crippen LogP contribution >= 0.6 is 0 Å². The Labute approximate surface area is 199 Å².